The summed E-state index contributed by atoms with van der Waals surface area (Å²) in [6.07, 6.45) is -3.44. The third kappa shape index (κ3) is 5.57. The second-order valence-electron chi connectivity index (χ2n) is 8.68. The highest BCUT2D eigenvalue weighted by Gasteiger charge is 2.37. The first-order valence-corrected chi connectivity index (χ1v) is 12.5. The van der Waals surface area contributed by atoms with Crippen molar-refractivity contribution < 1.29 is 27.5 Å². The molecule has 0 unspecified atom stereocenters. The molecule has 0 radical (unpaired) electrons. The molecule has 2 aromatic carbocycles. The van der Waals surface area contributed by atoms with E-state index >= 15 is 0 Å². The third-order valence-corrected chi connectivity index (χ3v) is 6.33. The fourth-order valence-corrected chi connectivity index (χ4v) is 4.25. The van der Waals surface area contributed by atoms with Gasteiger partial charge in [-0.25, -0.2) is 9.50 Å². The maximum Gasteiger partial charge on any atom is 0.433 e. The standard InChI is InChI=1S/C27H21ClF3N7O3/c1-3-37-14-19(22(35-37)25(39)32-16-9-5-4-6-10-16)34-26(40)23-21(28)24-33-18(15-8-7-11-17(12-15)41-2)13-20(27(29,30)31)38(24)36-23/h4-14H,3H2,1-2H3,(H,32,39)(H,34,40). The molecule has 0 aliphatic rings. The highest BCUT2D eigenvalue weighted by molar-refractivity contribution is 6.37. The van der Waals surface area contributed by atoms with Crippen LogP contribution >= 0.6 is 11.6 Å². The molecular weight excluding hydrogens is 563 g/mol. The number of hydrogen-bond acceptors (Lipinski definition) is 6. The number of carbonyl (C=O) groups excluding carboxylic acids is 2. The van der Waals surface area contributed by atoms with Gasteiger partial charge < -0.3 is 15.4 Å². The molecule has 3 aromatic heterocycles. The average Bonchev–Trinajstić information content (AvgIpc) is 3.53. The number of amides is 2. The number of hydrogen-bond donors (Lipinski definition) is 2. The van der Waals surface area contributed by atoms with Crippen LogP contribution in [0.5, 0.6) is 5.75 Å². The van der Waals surface area contributed by atoms with E-state index in [0.29, 0.717) is 28.1 Å². The second kappa shape index (κ2) is 10.9. The van der Waals surface area contributed by atoms with Gasteiger partial charge in [-0.3, -0.25) is 14.3 Å². The Morgan fingerprint density at radius 2 is 1.71 bits per heavy atom. The van der Waals surface area contributed by atoms with Crippen molar-refractivity contribution in [2.45, 2.75) is 19.6 Å². The lowest BCUT2D eigenvalue weighted by atomic mass is 10.1. The van der Waals surface area contributed by atoms with Crippen molar-refractivity contribution in [3.05, 3.63) is 89.0 Å². The normalized spacial score (nSPS) is 11.5. The summed E-state index contributed by atoms with van der Waals surface area (Å²) in [4.78, 5) is 30.5. The largest absolute Gasteiger partial charge is 0.497 e. The van der Waals surface area contributed by atoms with Crippen molar-refractivity contribution >= 4 is 40.4 Å². The maximum absolute atomic E-state index is 14.1. The van der Waals surface area contributed by atoms with E-state index in [0.717, 1.165) is 6.07 Å². The first-order valence-electron chi connectivity index (χ1n) is 12.1. The Bertz CT molecular complexity index is 1770. The number of halogens is 4. The molecule has 5 rings (SSSR count). The van der Waals surface area contributed by atoms with Crippen molar-refractivity contribution in [1.29, 1.82) is 0 Å². The van der Waals surface area contributed by atoms with Crippen molar-refractivity contribution in [3.63, 3.8) is 0 Å². The van der Waals surface area contributed by atoms with Crippen LogP contribution < -0.4 is 15.4 Å². The molecule has 0 aliphatic carbocycles. The van der Waals surface area contributed by atoms with E-state index in [1.807, 2.05) is 0 Å². The number of ether oxygens (including phenoxy) is 1. The van der Waals surface area contributed by atoms with E-state index in [1.54, 1.807) is 55.5 Å². The van der Waals surface area contributed by atoms with Gasteiger partial charge >= 0.3 is 6.18 Å². The number of aryl methyl sites for hydroxylation is 1. The van der Waals surface area contributed by atoms with E-state index in [-0.39, 0.29) is 22.7 Å². The van der Waals surface area contributed by atoms with Gasteiger partial charge in [-0.05, 0) is 37.3 Å². The Hall–Kier alpha value is -4.91. The molecule has 0 bridgehead atoms. The number of rotatable bonds is 7. The summed E-state index contributed by atoms with van der Waals surface area (Å²) in [7, 11) is 1.43. The molecule has 2 amide bonds. The van der Waals surface area contributed by atoms with Crippen molar-refractivity contribution in [1.82, 2.24) is 24.4 Å². The molecule has 41 heavy (non-hydrogen) atoms. The van der Waals surface area contributed by atoms with Crippen LogP contribution in [0, 0.1) is 0 Å². The zero-order valence-electron chi connectivity index (χ0n) is 21.5. The maximum atomic E-state index is 14.1. The minimum Gasteiger partial charge on any atom is -0.497 e. The first kappa shape index (κ1) is 27.6. The van der Waals surface area contributed by atoms with Crippen LogP contribution in [0.2, 0.25) is 5.02 Å². The predicted molar refractivity (Wildman–Crippen MR) is 145 cm³/mol. The second-order valence-corrected chi connectivity index (χ2v) is 9.05. The summed E-state index contributed by atoms with van der Waals surface area (Å²) in [5.41, 5.74) is -1.41. The average molecular weight is 584 g/mol. The highest BCUT2D eigenvalue weighted by atomic mass is 35.5. The van der Waals surface area contributed by atoms with Crippen LogP contribution in [0.1, 0.15) is 33.6 Å². The van der Waals surface area contributed by atoms with E-state index in [1.165, 1.54) is 24.1 Å². The fraction of sp³-hybridized carbons (Fsp3) is 0.148. The van der Waals surface area contributed by atoms with Crippen LogP contribution in [-0.2, 0) is 12.7 Å². The summed E-state index contributed by atoms with van der Waals surface area (Å²) in [6, 6.07) is 15.7. The molecule has 14 heteroatoms. The number of nitrogens with zero attached hydrogens (tertiary/aromatic N) is 5. The molecule has 210 valence electrons. The molecule has 10 nitrogen and oxygen atoms in total. The quantitative estimate of drug-likeness (QED) is 0.250. The van der Waals surface area contributed by atoms with Crippen molar-refractivity contribution in [2.75, 3.05) is 17.7 Å². The van der Waals surface area contributed by atoms with Crippen molar-refractivity contribution in [2.24, 2.45) is 0 Å². The van der Waals surface area contributed by atoms with E-state index < -0.39 is 34.4 Å². The van der Waals surface area contributed by atoms with Gasteiger partial charge in [-0.2, -0.15) is 23.4 Å². The van der Waals surface area contributed by atoms with Gasteiger partial charge in [0.25, 0.3) is 11.8 Å². The molecule has 5 aromatic rings. The number of anilines is 2. The molecular formula is C27H21ClF3N7O3. The van der Waals surface area contributed by atoms with E-state index in [9.17, 15) is 22.8 Å². The van der Waals surface area contributed by atoms with Gasteiger partial charge in [-0.1, -0.05) is 41.9 Å². The highest BCUT2D eigenvalue weighted by Crippen LogP contribution is 2.35. The van der Waals surface area contributed by atoms with Crippen molar-refractivity contribution in [3.8, 4) is 17.0 Å². The summed E-state index contributed by atoms with van der Waals surface area (Å²) in [6.45, 7) is 2.16. The first-order chi connectivity index (χ1) is 19.6. The molecule has 0 saturated heterocycles. The Kier molecular flexibility index (Phi) is 7.37. The van der Waals surface area contributed by atoms with Crippen LogP contribution in [0.15, 0.2) is 66.9 Å². The summed E-state index contributed by atoms with van der Waals surface area (Å²) >= 11 is 6.40. The Morgan fingerprint density at radius 1 is 0.976 bits per heavy atom. The van der Waals surface area contributed by atoms with Crippen LogP contribution in [0.25, 0.3) is 16.9 Å². The zero-order valence-corrected chi connectivity index (χ0v) is 22.3. The van der Waals surface area contributed by atoms with Crippen LogP contribution in [0.3, 0.4) is 0 Å². The molecule has 0 atom stereocenters. The van der Waals surface area contributed by atoms with Gasteiger partial charge in [0.05, 0.1) is 18.5 Å². The summed E-state index contributed by atoms with van der Waals surface area (Å²) in [5, 5.41) is 12.8. The summed E-state index contributed by atoms with van der Waals surface area (Å²) in [5.74, 6) is -1.15. The topological polar surface area (TPSA) is 115 Å². The molecule has 0 spiro atoms. The molecule has 0 fully saturated rings. The number of aromatic nitrogens is 5. The van der Waals surface area contributed by atoms with Crippen LogP contribution in [-0.4, -0.2) is 43.3 Å². The Labute approximate surface area is 235 Å². The predicted octanol–water partition coefficient (Wildman–Crippen LogP) is 5.80. The summed E-state index contributed by atoms with van der Waals surface area (Å²) < 4.78 is 49.4. The Balaban J connectivity index is 1.53. The van der Waals surface area contributed by atoms with Gasteiger partial charge in [-0.15, -0.1) is 0 Å². The lowest BCUT2D eigenvalue weighted by Gasteiger charge is -2.11. The molecule has 0 aliphatic heterocycles. The third-order valence-electron chi connectivity index (χ3n) is 5.98. The number of para-hydroxylation sites is 1. The van der Waals surface area contributed by atoms with Gasteiger partial charge in [0.15, 0.2) is 22.7 Å². The molecule has 0 saturated carbocycles. The SMILES string of the molecule is CCn1cc(NC(=O)c2nn3c(C(F)(F)F)cc(-c4cccc(OC)c4)nc3c2Cl)c(C(=O)Nc2ccccc2)n1. The number of fused-ring (bicyclic) bond motifs is 1. The monoisotopic (exact) mass is 583 g/mol. The number of carbonyl (C=O) groups is 2. The zero-order chi connectivity index (χ0) is 29.3. The smallest absolute Gasteiger partial charge is 0.433 e. The minimum absolute atomic E-state index is 0.0134. The van der Waals surface area contributed by atoms with Gasteiger partial charge in [0.1, 0.15) is 10.8 Å². The minimum atomic E-state index is -4.86. The van der Waals surface area contributed by atoms with Gasteiger partial charge in [0.2, 0.25) is 0 Å². The number of nitrogens with one attached hydrogen (secondary N) is 2. The number of methoxy groups -OCH3 is 1. The van der Waals surface area contributed by atoms with E-state index in [4.69, 9.17) is 16.3 Å². The molecule has 3 heterocycles. The van der Waals surface area contributed by atoms with E-state index in [2.05, 4.69) is 25.8 Å². The van der Waals surface area contributed by atoms with Gasteiger partial charge in [0, 0.05) is 24.0 Å². The number of benzene rings is 2. The lowest BCUT2D eigenvalue weighted by molar-refractivity contribution is -0.142. The number of alkyl halides is 3. The van der Waals surface area contributed by atoms with Crippen LogP contribution in [0.4, 0.5) is 24.5 Å². The Morgan fingerprint density at radius 3 is 2.39 bits per heavy atom. The fourth-order valence-electron chi connectivity index (χ4n) is 4.00. The lowest BCUT2D eigenvalue weighted by Crippen LogP contribution is -2.19. The molecule has 2 N–H and O–H groups in total.